The molecule has 428 valence electrons. The Balaban J connectivity index is 0.000000200. The van der Waals surface area contributed by atoms with Crippen LogP contribution in [-0.4, -0.2) is 78.1 Å². The number of carbonyl (C=O) groups is 1. The number of halogens is 4. The van der Waals surface area contributed by atoms with Crippen LogP contribution >= 0.6 is 23.2 Å². The molecule has 0 saturated heterocycles. The van der Waals surface area contributed by atoms with Crippen LogP contribution in [0.3, 0.4) is 0 Å². The number of hydrogen-bond donors (Lipinski definition) is 2. The van der Waals surface area contributed by atoms with Crippen molar-refractivity contribution in [2.75, 3.05) is 41.2 Å². The molecule has 0 saturated carbocycles. The van der Waals surface area contributed by atoms with Gasteiger partial charge >= 0.3 is 0 Å². The molecule has 0 bridgehead atoms. The Labute approximate surface area is 488 Å². The number of nitrogens with zero attached hydrogens (tertiary/aromatic N) is 5. The molecule has 4 heterocycles. The van der Waals surface area contributed by atoms with E-state index in [1.165, 1.54) is 55.0 Å². The maximum Gasteiger partial charge on any atom is 0.219 e. The zero-order chi connectivity index (χ0) is 58.7. The molecule has 2 N–H and O–H groups in total. The summed E-state index contributed by atoms with van der Waals surface area (Å²) in [6.07, 6.45) is 7.34. The van der Waals surface area contributed by atoms with Gasteiger partial charge in [0.05, 0.1) is 33.4 Å². The summed E-state index contributed by atoms with van der Waals surface area (Å²) >= 11 is 13.0. The molecule has 0 atom stereocenters. The largest absolute Gasteiger partial charge is 0.487 e. The van der Waals surface area contributed by atoms with E-state index in [0.29, 0.717) is 91.3 Å². The van der Waals surface area contributed by atoms with Crippen LogP contribution in [-0.2, 0) is 50.6 Å². The average molecular weight is 1200 g/mol. The van der Waals surface area contributed by atoms with Gasteiger partial charge in [-0.1, -0.05) is 47.5 Å². The number of ether oxygens (including phenoxy) is 2. The lowest BCUT2D eigenvalue weighted by Crippen LogP contribution is -2.32. The second kappa shape index (κ2) is 26.7. The van der Waals surface area contributed by atoms with Gasteiger partial charge in [-0.15, -0.1) is 0 Å². The SMILES string of the molecule is CC(=O)N(CCS(C)(=O)=O)Cc1ccc(-c2ccc3ncnc(Nc4ccc(OCc5cccc(F)c5)c(Cl)c4)c3c2)o1.CS(=O)(=O)CCCCc1ccc(-c2ccc3ncnc(Nc4ccc(OCc5cccc(F)c5)c(Cl)c4)c3c2)o1. The van der Waals surface area contributed by atoms with Crippen LogP contribution in [0.25, 0.3) is 44.5 Å². The topological polar surface area (TPSA) is 209 Å². The van der Waals surface area contributed by atoms with Gasteiger partial charge in [0.15, 0.2) is 0 Å². The first kappa shape index (κ1) is 59.2. The van der Waals surface area contributed by atoms with E-state index in [4.69, 9.17) is 41.5 Å². The maximum absolute atomic E-state index is 13.5. The molecule has 1 amide bonds. The van der Waals surface area contributed by atoms with Gasteiger partial charge in [0.25, 0.3) is 0 Å². The molecule has 10 rings (SSSR count). The monoisotopic (exact) mass is 1200 g/mol. The van der Waals surface area contributed by atoms with Gasteiger partial charge < -0.3 is 33.8 Å². The van der Waals surface area contributed by atoms with Crippen LogP contribution < -0.4 is 20.1 Å². The fraction of sp³-hybridized carbons (Fsp3) is 0.197. The maximum atomic E-state index is 13.5. The van der Waals surface area contributed by atoms with E-state index in [-0.39, 0.29) is 55.4 Å². The van der Waals surface area contributed by atoms with Crippen LogP contribution in [0.2, 0.25) is 10.0 Å². The third-order valence-corrected chi connectivity index (χ3v) is 15.4. The van der Waals surface area contributed by atoms with Crippen molar-refractivity contribution in [1.82, 2.24) is 24.8 Å². The summed E-state index contributed by atoms with van der Waals surface area (Å²) in [6, 6.07) is 41.8. The molecular formula is C61H55Cl2F2N7O9S2. The lowest BCUT2D eigenvalue weighted by molar-refractivity contribution is -0.129. The molecule has 10 aromatic rings. The highest BCUT2D eigenvalue weighted by molar-refractivity contribution is 7.90. The van der Waals surface area contributed by atoms with Crippen molar-refractivity contribution in [2.24, 2.45) is 0 Å². The van der Waals surface area contributed by atoms with Gasteiger partial charge in [-0.25, -0.2) is 45.6 Å². The molecule has 4 aromatic heterocycles. The number of fused-ring (bicyclic) bond motifs is 2. The first-order valence-electron chi connectivity index (χ1n) is 25.9. The summed E-state index contributed by atoms with van der Waals surface area (Å²) in [5.41, 5.74) is 5.88. The highest BCUT2D eigenvalue weighted by Crippen LogP contribution is 2.35. The molecule has 0 aliphatic rings. The summed E-state index contributed by atoms with van der Waals surface area (Å²) in [6.45, 7) is 1.99. The fourth-order valence-corrected chi connectivity index (χ4v) is 10.4. The molecule has 83 heavy (non-hydrogen) atoms. The van der Waals surface area contributed by atoms with Crippen LogP contribution in [0.15, 0.2) is 167 Å². The number of unbranched alkanes of at least 4 members (excludes halogenated alkanes) is 1. The summed E-state index contributed by atoms with van der Waals surface area (Å²) in [7, 11) is -6.17. The minimum absolute atomic E-state index is 0.0800. The Morgan fingerprint density at radius 3 is 1.54 bits per heavy atom. The van der Waals surface area contributed by atoms with Crippen molar-refractivity contribution >= 4 is 93.6 Å². The van der Waals surface area contributed by atoms with Gasteiger partial charge in [-0.05, 0) is 145 Å². The molecule has 0 fully saturated rings. The number of sulfone groups is 2. The van der Waals surface area contributed by atoms with Crippen molar-refractivity contribution in [2.45, 2.75) is 45.9 Å². The van der Waals surface area contributed by atoms with E-state index in [1.807, 2.05) is 54.6 Å². The second-order valence-corrected chi connectivity index (χ2v) is 24.8. The molecule has 0 radical (unpaired) electrons. The average Bonchev–Trinajstić information content (AvgIpc) is 4.34. The molecule has 6 aromatic carbocycles. The number of anilines is 4. The van der Waals surface area contributed by atoms with Gasteiger partial charge in [0.2, 0.25) is 5.91 Å². The number of carbonyl (C=O) groups excluding carboxylic acids is 1. The van der Waals surface area contributed by atoms with Crippen molar-refractivity contribution in [1.29, 1.82) is 0 Å². The Morgan fingerprint density at radius 1 is 0.578 bits per heavy atom. The predicted molar refractivity (Wildman–Crippen MR) is 319 cm³/mol. The molecule has 0 aliphatic carbocycles. The minimum Gasteiger partial charge on any atom is -0.487 e. The summed E-state index contributed by atoms with van der Waals surface area (Å²) in [5, 5.41) is 8.90. The number of hydrogen-bond acceptors (Lipinski definition) is 15. The number of furan rings is 2. The third-order valence-electron chi connectivity index (χ3n) is 12.8. The number of amides is 1. The number of nitrogens with one attached hydrogen (secondary N) is 2. The van der Waals surface area contributed by atoms with Crippen molar-refractivity contribution in [3.63, 3.8) is 0 Å². The van der Waals surface area contributed by atoms with Crippen LogP contribution in [0.1, 0.15) is 42.4 Å². The number of benzene rings is 6. The second-order valence-electron chi connectivity index (χ2n) is 19.5. The van der Waals surface area contributed by atoms with E-state index in [0.717, 1.165) is 45.9 Å². The van der Waals surface area contributed by atoms with Gasteiger partial charge in [0.1, 0.15) is 103 Å². The van der Waals surface area contributed by atoms with Crippen molar-refractivity contribution < 1.29 is 48.7 Å². The van der Waals surface area contributed by atoms with Crippen LogP contribution in [0, 0.1) is 11.6 Å². The molecule has 16 nitrogen and oxygen atoms in total. The van der Waals surface area contributed by atoms with E-state index in [9.17, 15) is 30.4 Å². The van der Waals surface area contributed by atoms with Crippen molar-refractivity contribution in [3.8, 4) is 34.1 Å². The van der Waals surface area contributed by atoms with Crippen LogP contribution in [0.5, 0.6) is 11.5 Å². The lowest BCUT2D eigenvalue weighted by atomic mass is 10.1. The number of rotatable bonds is 22. The minimum atomic E-state index is -3.22. The Kier molecular flexibility index (Phi) is 19.0. The summed E-state index contributed by atoms with van der Waals surface area (Å²) in [4.78, 5) is 31.1. The van der Waals surface area contributed by atoms with E-state index in [1.54, 1.807) is 66.7 Å². The molecular weight excluding hydrogens is 1150 g/mol. The van der Waals surface area contributed by atoms with E-state index < -0.39 is 19.7 Å². The van der Waals surface area contributed by atoms with E-state index >= 15 is 0 Å². The first-order valence-corrected chi connectivity index (χ1v) is 30.8. The molecule has 0 aliphatic heterocycles. The summed E-state index contributed by atoms with van der Waals surface area (Å²) < 4.78 is 96.3. The normalized spacial score (nSPS) is 11.5. The van der Waals surface area contributed by atoms with Gasteiger partial charge in [-0.2, -0.15) is 0 Å². The lowest BCUT2D eigenvalue weighted by Gasteiger charge is -2.19. The Hall–Kier alpha value is -8.43. The Morgan fingerprint density at radius 2 is 1.07 bits per heavy atom. The van der Waals surface area contributed by atoms with E-state index in [2.05, 4.69) is 30.6 Å². The first-order chi connectivity index (χ1) is 39.8. The third kappa shape index (κ3) is 16.8. The molecule has 22 heteroatoms. The van der Waals surface area contributed by atoms with Gasteiger partial charge in [-0.3, -0.25) is 4.79 Å². The van der Waals surface area contributed by atoms with Crippen molar-refractivity contribution in [3.05, 3.63) is 203 Å². The quantitative estimate of drug-likeness (QED) is 0.0605. The zero-order valence-corrected chi connectivity index (χ0v) is 48.3. The number of aromatic nitrogens is 4. The summed E-state index contributed by atoms with van der Waals surface area (Å²) in [5.74, 6) is 3.85. The molecule has 0 unspecified atom stereocenters. The zero-order valence-electron chi connectivity index (χ0n) is 45.1. The highest BCUT2D eigenvalue weighted by Gasteiger charge is 2.18. The Bertz CT molecular complexity index is 4190. The van der Waals surface area contributed by atoms with Crippen LogP contribution in [0.4, 0.5) is 31.8 Å². The highest BCUT2D eigenvalue weighted by atomic mass is 35.5. The van der Waals surface area contributed by atoms with Gasteiger partial charge in [0, 0.05) is 71.4 Å². The predicted octanol–water partition coefficient (Wildman–Crippen LogP) is 13.8. The smallest absolute Gasteiger partial charge is 0.219 e. The number of aryl methyl sites for hydroxylation is 1. The molecule has 0 spiro atoms. The standard InChI is InChI=1S/C31H28ClFN4O5S.C30H27ClFN3O4S/c1-20(38)37(12-13-43(2,39)40)17-25-8-11-29(42-25)22-6-9-28-26(15-22)31(35-19-34-28)36-24-7-10-30(27(32)16-24)41-18-21-4-3-5-23(33)14-21;1-40(36,37)14-3-2-7-24-10-13-28(39-24)21-8-11-27-25(16-21)30(34-19-33-27)35-23-9-12-29(26(31)17-23)38-18-20-5-4-6-22(32)15-20/h3-11,14-16,19H,12-13,17-18H2,1-2H3,(H,34,35,36);4-6,8-13,15-17,19H,2-3,7,14,18H2,1H3,(H,33,34,35). The fourth-order valence-electron chi connectivity index (χ4n) is 8.62.